The molecule has 2 aromatic rings. The SMILES string of the molecule is CCOCCCn1c(CC(N)=NO)nc2ccccc21. The van der Waals surface area contributed by atoms with Crippen molar-refractivity contribution in [3.05, 3.63) is 30.1 Å². The number of rotatable bonds is 7. The van der Waals surface area contributed by atoms with Crippen LogP contribution in [0.4, 0.5) is 0 Å². The summed E-state index contributed by atoms with van der Waals surface area (Å²) in [4.78, 5) is 4.55. The lowest BCUT2D eigenvalue weighted by molar-refractivity contribution is 0.142. The molecule has 1 heterocycles. The third-order valence-corrected chi connectivity index (χ3v) is 3.08. The van der Waals surface area contributed by atoms with Crippen molar-refractivity contribution >= 4 is 16.9 Å². The largest absolute Gasteiger partial charge is 0.409 e. The average Bonchev–Trinajstić information content (AvgIpc) is 2.81. The zero-order valence-corrected chi connectivity index (χ0v) is 11.6. The molecule has 1 aromatic heterocycles. The number of hydrogen-bond acceptors (Lipinski definition) is 4. The Labute approximate surface area is 117 Å². The molecule has 2 rings (SSSR count). The average molecular weight is 276 g/mol. The van der Waals surface area contributed by atoms with E-state index in [0.717, 1.165) is 36.4 Å². The van der Waals surface area contributed by atoms with Gasteiger partial charge in [0, 0.05) is 19.8 Å². The molecule has 6 nitrogen and oxygen atoms in total. The molecule has 0 fully saturated rings. The predicted octanol–water partition coefficient (Wildman–Crippen LogP) is 1.75. The zero-order chi connectivity index (χ0) is 14.4. The highest BCUT2D eigenvalue weighted by Gasteiger charge is 2.11. The van der Waals surface area contributed by atoms with Gasteiger partial charge in [-0.15, -0.1) is 0 Å². The number of aromatic nitrogens is 2. The number of fused-ring (bicyclic) bond motifs is 1. The molecule has 0 unspecified atom stereocenters. The maximum Gasteiger partial charge on any atom is 0.146 e. The smallest absolute Gasteiger partial charge is 0.146 e. The fourth-order valence-electron chi connectivity index (χ4n) is 2.18. The Balaban J connectivity index is 2.24. The highest BCUT2D eigenvalue weighted by molar-refractivity contribution is 5.83. The second kappa shape index (κ2) is 6.91. The third-order valence-electron chi connectivity index (χ3n) is 3.08. The lowest BCUT2D eigenvalue weighted by atomic mass is 10.3. The Morgan fingerprint density at radius 2 is 2.25 bits per heavy atom. The monoisotopic (exact) mass is 276 g/mol. The van der Waals surface area contributed by atoms with Crippen LogP contribution >= 0.6 is 0 Å². The number of aryl methyl sites for hydroxylation is 1. The van der Waals surface area contributed by atoms with E-state index in [0.29, 0.717) is 13.0 Å². The van der Waals surface area contributed by atoms with Crippen molar-refractivity contribution in [3.8, 4) is 0 Å². The van der Waals surface area contributed by atoms with Gasteiger partial charge in [-0.3, -0.25) is 0 Å². The fraction of sp³-hybridized carbons (Fsp3) is 0.429. The van der Waals surface area contributed by atoms with E-state index in [1.165, 1.54) is 0 Å². The Bertz CT molecular complexity index is 592. The molecule has 108 valence electrons. The molecular weight excluding hydrogens is 256 g/mol. The molecule has 0 amide bonds. The van der Waals surface area contributed by atoms with E-state index >= 15 is 0 Å². The number of nitrogens with zero attached hydrogens (tertiary/aromatic N) is 3. The topological polar surface area (TPSA) is 85.7 Å². The van der Waals surface area contributed by atoms with Gasteiger partial charge in [-0.05, 0) is 25.5 Å². The van der Waals surface area contributed by atoms with Crippen LogP contribution in [0.1, 0.15) is 19.2 Å². The van der Waals surface area contributed by atoms with Crippen molar-refractivity contribution in [3.63, 3.8) is 0 Å². The molecule has 0 saturated carbocycles. The van der Waals surface area contributed by atoms with E-state index in [2.05, 4.69) is 14.7 Å². The Hall–Kier alpha value is -2.08. The van der Waals surface area contributed by atoms with Gasteiger partial charge in [0.1, 0.15) is 11.7 Å². The van der Waals surface area contributed by atoms with Gasteiger partial charge in [-0.25, -0.2) is 4.98 Å². The number of hydrogen-bond donors (Lipinski definition) is 2. The van der Waals surface area contributed by atoms with Crippen molar-refractivity contribution in [1.29, 1.82) is 0 Å². The quantitative estimate of drug-likeness (QED) is 0.265. The number of imidazole rings is 1. The normalized spacial score (nSPS) is 12.2. The molecule has 1 aromatic carbocycles. The minimum Gasteiger partial charge on any atom is -0.409 e. The first kappa shape index (κ1) is 14.3. The van der Waals surface area contributed by atoms with Gasteiger partial charge in [0.25, 0.3) is 0 Å². The van der Waals surface area contributed by atoms with Crippen LogP contribution in [-0.4, -0.2) is 33.8 Å². The molecule has 0 atom stereocenters. The molecular formula is C14H20N4O2. The minimum atomic E-state index is 0.159. The van der Waals surface area contributed by atoms with E-state index in [4.69, 9.17) is 15.7 Å². The summed E-state index contributed by atoms with van der Waals surface area (Å²) in [5, 5.41) is 11.7. The van der Waals surface area contributed by atoms with Crippen LogP contribution < -0.4 is 5.73 Å². The fourth-order valence-corrected chi connectivity index (χ4v) is 2.18. The van der Waals surface area contributed by atoms with Crippen molar-refractivity contribution in [2.45, 2.75) is 26.3 Å². The summed E-state index contributed by atoms with van der Waals surface area (Å²) >= 11 is 0. The maximum atomic E-state index is 8.71. The molecule has 6 heteroatoms. The predicted molar refractivity (Wildman–Crippen MR) is 78.0 cm³/mol. The standard InChI is InChI=1S/C14H20N4O2/c1-2-20-9-5-8-18-12-7-4-3-6-11(12)16-14(18)10-13(15)17-19/h3-4,6-7,19H,2,5,8-10H2,1H3,(H2,15,17). The molecule has 0 aliphatic heterocycles. The van der Waals surface area contributed by atoms with Gasteiger partial charge < -0.3 is 20.2 Å². The summed E-state index contributed by atoms with van der Waals surface area (Å²) in [5.41, 5.74) is 7.57. The summed E-state index contributed by atoms with van der Waals surface area (Å²) in [6.07, 6.45) is 1.23. The Morgan fingerprint density at radius 1 is 1.45 bits per heavy atom. The van der Waals surface area contributed by atoms with Crippen LogP contribution in [0.5, 0.6) is 0 Å². The van der Waals surface area contributed by atoms with Crippen molar-refractivity contribution in [2.24, 2.45) is 10.9 Å². The van der Waals surface area contributed by atoms with Gasteiger partial charge in [0.2, 0.25) is 0 Å². The van der Waals surface area contributed by atoms with Crippen molar-refractivity contribution in [2.75, 3.05) is 13.2 Å². The van der Waals surface area contributed by atoms with Gasteiger partial charge >= 0.3 is 0 Å². The van der Waals surface area contributed by atoms with Crippen LogP contribution in [0, 0.1) is 0 Å². The Morgan fingerprint density at radius 3 is 3.00 bits per heavy atom. The maximum absolute atomic E-state index is 8.71. The molecule has 3 N–H and O–H groups in total. The van der Waals surface area contributed by atoms with E-state index in [1.54, 1.807) is 0 Å². The van der Waals surface area contributed by atoms with Crippen molar-refractivity contribution in [1.82, 2.24) is 9.55 Å². The highest BCUT2D eigenvalue weighted by Crippen LogP contribution is 2.17. The van der Waals surface area contributed by atoms with E-state index < -0.39 is 0 Å². The highest BCUT2D eigenvalue weighted by atomic mass is 16.5. The van der Waals surface area contributed by atoms with Crippen LogP contribution in [0.3, 0.4) is 0 Å². The van der Waals surface area contributed by atoms with Crippen molar-refractivity contribution < 1.29 is 9.94 Å². The number of para-hydroxylation sites is 2. The summed E-state index contributed by atoms with van der Waals surface area (Å²) < 4.78 is 7.47. The molecule has 0 aliphatic rings. The van der Waals surface area contributed by atoms with Gasteiger partial charge in [-0.2, -0.15) is 0 Å². The number of benzene rings is 1. The second-order valence-electron chi connectivity index (χ2n) is 4.49. The summed E-state index contributed by atoms with van der Waals surface area (Å²) in [7, 11) is 0. The van der Waals surface area contributed by atoms with E-state index in [-0.39, 0.29) is 5.84 Å². The van der Waals surface area contributed by atoms with Crippen LogP contribution in [0.25, 0.3) is 11.0 Å². The number of nitrogens with two attached hydrogens (primary N) is 1. The van der Waals surface area contributed by atoms with Gasteiger partial charge in [0.05, 0.1) is 17.5 Å². The lowest BCUT2D eigenvalue weighted by Crippen LogP contribution is -2.18. The zero-order valence-electron chi connectivity index (χ0n) is 11.6. The first-order chi connectivity index (χ1) is 9.76. The van der Waals surface area contributed by atoms with Gasteiger partial charge in [0.15, 0.2) is 0 Å². The molecule has 0 saturated heterocycles. The van der Waals surface area contributed by atoms with Gasteiger partial charge in [-0.1, -0.05) is 17.3 Å². The molecule has 20 heavy (non-hydrogen) atoms. The molecule has 0 spiro atoms. The summed E-state index contributed by atoms with van der Waals surface area (Å²) in [6, 6.07) is 7.92. The summed E-state index contributed by atoms with van der Waals surface area (Å²) in [5.74, 6) is 0.962. The number of oxime groups is 1. The first-order valence-electron chi connectivity index (χ1n) is 6.74. The lowest BCUT2D eigenvalue weighted by Gasteiger charge is -2.08. The van der Waals surface area contributed by atoms with Crippen LogP contribution in [0.2, 0.25) is 0 Å². The van der Waals surface area contributed by atoms with E-state index in [1.807, 2.05) is 31.2 Å². The first-order valence-corrected chi connectivity index (χ1v) is 6.74. The Kier molecular flexibility index (Phi) is 4.95. The minimum absolute atomic E-state index is 0.159. The molecule has 0 bridgehead atoms. The third kappa shape index (κ3) is 3.27. The molecule has 0 aliphatic carbocycles. The van der Waals surface area contributed by atoms with E-state index in [9.17, 15) is 0 Å². The molecule has 0 radical (unpaired) electrons. The second-order valence-corrected chi connectivity index (χ2v) is 4.49. The van der Waals surface area contributed by atoms with Crippen LogP contribution in [-0.2, 0) is 17.7 Å². The van der Waals surface area contributed by atoms with Crippen LogP contribution in [0.15, 0.2) is 29.4 Å². The number of ether oxygens (including phenoxy) is 1. The summed E-state index contributed by atoms with van der Waals surface area (Å²) in [6.45, 7) is 4.22. The number of amidine groups is 1.